The van der Waals surface area contributed by atoms with Crippen molar-refractivity contribution in [1.29, 1.82) is 0 Å². The molecule has 1 N–H and O–H groups in total. The molecule has 2 aliphatic rings. The van der Waals surface area contributed by atoms with Crippen LogP contribution in [0.2, 0.25) is 0 Å². The molecule has 108 valence electrons. The van der Waals surface area contributed by atoms with Crippen LogP contribution < -0.4 is 5.32 Å². The summed E-state index contributed by atoms with van der Waals surface area (Å²) < 4.78 is 16.0. The number of carbonyl (C=O) groups is 2. The van der Waals surface area contributed by atoms with Crippen LogP contribution >= 0.6 is 0 Å². The minimum Gasteiger partial charge on any atom is -0.466 e. The lowest BCUT2D eigenvalue weighted by Crippen LogP contribution is -2.49. The van der Waals surface area contributed by atoms with Gasteiger partial charge in [-0.15, -0.1) is 0 Å². The standard InChI is InChI=1S/C13H21NO5/c1-2-17-13(16)8-12(15)14-9-3-4-10-11(7-9)19-6-5-18-10/h9-11H,2-8H2,1H3,(H,14,15). The Morgan fingerprint density at radius 3 is 2.68 bits per heavy atom. The molecule has 2 rings (SSSR count). The highest BCUT2D eigenvalue weighted by molar-refractivity contribution is 5.94. The Labute approximate surface area is 112 Å². The second kappa shape index (κ2) is 6.86. The van der Waals surface area contributed by atoms with Crippen LogP contribution in [-0.4, -0.2) is 49.9 Å². The molecule has 0 radical (unpaired) electrons. The molecule has 2 fully saturated rings. The molecule has 0 bridgehead atoms. The van der Waals surface area contributed by atoms with E-state index in [2.05, 4.69) is 5.32 Å². The summed E-state index contributed by atoms with van der Waals surface area (Å²) in [4.78, 5) is 22.9. The average Bonchev–Trinajstić information content (AvgIpc) is 2.38. The van der Waals surface area contributed by atoms with Gasteiger partial charge in [0.25, 0.3) is 0 Å². The topological polar surface area (TPSA) is 73.9 Å². The number of esters is 1. The zero-order valence-electron chi connectivity index (χ0n) is 11.2. The second-order valence-electron chi connectivity index (χ2n) is 4.88. The van der Waals surface area contributed by atoms with Gasteiger partial charge in [0, 0.05) is 6.04 Å². The molecule has 3 unspecified atom stereocenters. The van der Waals surface area contributed by atoms with E-state index >= 15 is 0 Å². The molecule has 6 nitrogen and oxygen atoms in total. The minimum atomic E-state index is -0.481. The lowest BCUT2D eigenvalue weighted by atomic mass is 9.89. The largest absolute Gasteiger partial charge is 0.466 e. The molecule has 1 saturated carbocycles. The summed E-state index contributed by atoms with van der Waals surface area (Å²) in [6.07, 6.45) is 2.51. The van der Waals surface area contributed by atoms with Gasteiger partial charge in [-0.1, -0.05) is 0 Å². The van der Waals surface area contributed by atoms with E-state index < -0.39 is 5.97 Å². The van der Waals surface area contributed by atoms with Crippen molar-refractivity contribution in [2.45, 2.75) is 50.9 Å². The molecular weight excluding hydrogens is 250 g/mol. The van der Waals surface area contributed by atoms with E-state index in [1.165, 1.54) is 0 Å². The molecule has 6 heteroatoms. The first-order valence-electron chi connectivity index (χ1n) is 6.87. The Kier molecular flexibility index (Phi) is 5.15. The van der Waals surface area contributed by atoms with Crippen molar-refractivity contribution in [3.05, 3.63) is 0 Å². The molecule has 1 aliphatic heterocycles. The van der Waals surface area contributed by atoms with Gasteiger partial charge in [0.1, 0.15) is 6.42 Å². The predicted octanol–water partition coefficient (Wildman–Crippen LogP) is 0.392. The van der Waals surface area contributed by atoms with E-state index in [1.54, 1.807) is 6.92 Å². The van der Waals surface area contributed by atoms with Crippen molar-refractivity contribution in [3.8, 4) is 0 Å². The third kappa shape index (κ3) is 4.18. The molecule has 0 aromatic carbocycles. The third-order valence-electron chi connectivity index (χ3n) is 3.45. The first kappa shape index (κ1) is 14.3. The van der Waals surface area contributed by atoms with Crippen molar-refractivity contribution in [2.24, 2.45) is 0 Å². The Morgan fingerprint density at radius 2 is 1.95 bits per heavy atom. The molecular formula is C13H21NO5. The zero-order valence-corrected chi connectivity index (χ0v) is 11.2. The maximum atomic E-state index is 11.7. The number of rotatable bonds is 4. The van der Waals surface area contributed by atoms with Gasteiger partial charge in [0.05, 0.1) is 32.0 Å². The van der Waals surface area contributed by atoms with Crippen LogP contribution in [-0.2, 0) is 23.8 Å². The molecule has 1 heterocycles. The van der Waals surface area contributed by atoms with Crippen LogP contribution in [0.4, 0.5) is 0 Å². The van der Waals surface area contributed by atoms with Crippen molar-refractivity contribution >= 4 is 11.9 Å². The smallest absolute Gasteiger partial charge is 0.315 e. The van der Waals surface area contributed by atoms with Crippen LogP contribution in [0.25, 0.3) is 0 Å². The Morgan fingerprint density at radius 1 is 1.21 bits per heavy atom. The van der Waals surface area contributed by atoms with Gasteiger partial charge in [-0.05, 0) is 26.2 Å². The van der Waals surface area contributed by atoms with Crippen LogP contribution in [0.3, 0.4) is 0 Å². The monoisotopic (exact) mass is 271 g/mol. The highest BCUT2D eigenvalue weighted by atomic mass is 16.6. The van der Waals surface area contributed by atoms with E-state index in [-0.39, 0.29) is 30.6 Å². The number of amides is 1. The lowest BCUT2D eigenvalue weighted by molar-refractivity contribution is -0.159. The van der Waals surface area contributed by atoms with Crippen LogP contribution in [0.1, 0.15) is 32.6 Å². The van der Waals surface area contributed by atoms with E-state index in [0.29, 0.717) is 19.8 Å². The fourth-order valence-corrected chi connectivity index (χ4v) is 2.62. The number of hydrogen-bond donors (Lipinski definition) is 1. The summed E-state index contributed by atoms with van der Waals surface area (Å²) in [5.74, 6) is -0.760. The molecule has 1 saturated heterocycles. The molecule has 0 aromatic heterocycles. The van der Waals surface area contributed by atoms with Gasteiger partial charge in [-0.2, -0.15) is 0 Å². The normalized spacial score (nSPS) is 30.3. The van der Waals surface area contributed by atoms with Gasteiger partial charge in [-0.25, -0.2) is 0 Å². The van der Waals surface area contributed by atoms with Crippen LogP contribution in [0.5, 0.6) is 0 Å². The van der Waals surface area contributed by atoms with E-state index in [1.807, 2.05) is 0 Å². The van der Waals surface area contributed by atoms with Gasteiger partial charge in [-0.3, -0.25) is 9.59 Å². The highest BCUT2D eigenvalue weighted by Crippen LogP contribution is 2.26. The molecule has 19 heavy (non-hydrogen) atoms. The van der Waals surface area contributed by atoms with E-state index in [4.69, 9.17) is 14.2 Å². The number of nitrogens with one attached hydrogen (secondary N) is 1. The van der Waals surface area contributed by atoms with Gasteiger partial charge in [0.2, 0.25) is 5.91 Å². The van der Waals surface area contributed by atoms with E-state index in [0.717, 1.165) is 19.3 Å². The number of hydrogen-bond acceptors (Lipinski definition) is 5. The predicted molar refractivity (Wildman–Crippen MR) is 66.5 cm³/mol. The van der Waals surface area contributed by atoms with Crippen LogP contribution in [0, 0.1) is 0 Å². The van der Waals surface area contributed by atoms with E-state index in [9.17, 15) is 9.59 Å². The zero-order chi connectivity index (χ0) is 13.7. The summed E-state index contributed by atoms with van der Waals surface area (Å²) in [5, 5.41) is 2.87. The lowest BCUT2D eigenvalue weighted by Gasteiger charge is -2.39. The Balaban J connectivity index is 1.74. The summed E-state index contributed by atoms with van der Waals surface area (Å²) in [6.45, 7) is 3.29. The van der Waals surface area contributed by atoms with Crippen molar-refractivity contribution < 1.29 is 23.8 Å². The Hall–Kier alpha value is -1.14. The summed E-state index contributed by atoms with van der Waals surface area (Å²) in [6, 6.07) is 0.0601. The highest BCUT2D eigenvalue weighted by Gasteiger charge is 2.34. The fraction of sp³-hybridized carbons (Fsp3) is 0.846. The van der Waals surface area contributed by atoms with Crippen LogP contribution in [0.15, 0.2) is 0 Å². The maximum absolute atomic E-state index is 11.7. The summed E-state index contributed by atoms with van der Waals surface area (Å²) in [7, 11) is 0. The minimum absolute atomic E-state index is 0.0601. The first-order chi connectivity index (χ1) is 9.19. The molecule has 0 spiro atoms. The quantitative estimate of drug-likeness (QED) is 0.591. The number of fused-ring (bicyclic) bond motifs is 1. The maximum Gasteiger partial charge on any atom is 0.315 e. The SMILES string of the molecule is CCOC(=O)CC(=O)NC1CCC2OCCOC2C1. The molecule has 3 atom stereocenters. The van der Waals surface area contributed by atoms with Gasteiger partial charge >= 0.3 is 5.97 Å². The first-order valence-corrected chi connectivity index (χ1v) is 6.87. The van der Waals surface area contributed by atoms with Gasteiger partial charge < -0.3 is 19.5 Å². The molecule has 0 aromatic rings. The summed E-state index contributed by atoms with van der Waals surface area (Å²) in [5.41, 5.74) is 0. The Bertz CT molecular complexity index is 333. The fourth-order valence-electron chi connectivity index (χ4n) is 2.62. The number of ether oxygens (including phenoxy) is 3. The van der Waals surface area contributed by atoms with Crippen molar-refractivity contribution in [1.82, 2.24) is 5.32 Å². The summed E-state index contributed by atoms with van der Waals surface area (Å²) >= 11 is 0. The second-order valence-corrected chi connectivity index (χ2v) is 4.88. The molecule has 1 amide bonds. The number of carbonyl (C=O) groups excluding carboxylic acids is 2. The van der Waals surface area contributed by atoms with Gasteiger partial charge in [0.15, 0.2) is 0 Å². The molecule has 1 aliphatic carbocycles. The van der Waals surface area contributed by atoms with Crippen molar-refractivity contribution in [3.63, 3.8) is 0 Å². The third-order valence-corrected chi connectivity index (χ3v) is 3.45. The average molecular weight is 271 g/mol. The van der Waals surface area contributed by atoms with Crippen molar-refractivity contribution in [2.75, 3.05) is 19.8 Å².